The number of phosphoric acid groups is 1. The Morgan fingerprint density at radius 2 is 0.962 bits per heavy atom. The Bertz CT molecular complexity index is 891. The quantitative estimate of drug-likeness (QED) is 0.0177. The summed E-state index contributed by atoms with van der Waals surface area (Å²) in [5.41, 5.74) is 4.78. The SMILES string of the molecule is CCCCCCCC/C=C\CCCCCCCC(=O)OC(C(=O)CCCCCCC/C=C\CCCCCCCC)C(O)COP(=O)(O)O.NCCO. The Morgan fingerprint density at radius 1 is 0.615 bits per heavy atom. The fraction of sp³-hybridized carbons (Fsp3) is 0.854. The first kappa shape index (κ1) is 52.7. The van der Waals surface area contributed by atoms with E-state index in [4.69, 9.17) is 25.4 Å². The first-order chi connectivity index (χ1) is 25.1. The number of phosphoric ester groups is 1. The van der Waals surface area contributed by atoms with Gasteiger partial charge in [0, 0.05) is 19.4 Å². The van der Waals surface area contributed by atoms with Gasteiger partial charge in [0.15, 0.2) is 11.9 Å². The molecule has 0 aliphatic rings. The molecule has 0 heterocycles. The van der Waals surface area contributed by atoms with Gasteiger partial charge in [0.1, 0.15) is 6.10 Å². The molecule has 0 rings (SSSR count). The zero-order valence-electron chi connectivity index (χ0n) is 33.2. The smallest absolute Gasteiger partial charge is 0.451 e. The van der Waals surface area contributed by atoms with E-state index in [0.717, 1.165) is 77.0 Å². The van der Waals surface area contributed by atoms with Gasteiger partial charge in [-0.05, 0) is 64.2 Å². The third-order valence-electron chi connectivity index (χ3n) is 8.80. The van der Waals surface area contributed by atoms with Gasteiger partial charge in [0.05, 0.1) is 13.2 Å². The Morgan fingerprint density at radius 3 is 1.33 bits per heavy atom. The average molecular weight is 762 g/mol. The largest absolute Gasteiger partial charge is 0.469 e. The second-order valence-electron chi connectivity index (χ2n) is 13.9. The van der Waals surface area contributed by atoms with Crippen molar-refractivity contribution in [1.29, 1.82) is 0 Å². The normalized spacial score (nSPS) is 13.0. The summed E-state index contributed by atoms with van der Waals surface area (Å²) in [5.74, 6) is -1.04. The van der Waals surface area contributed by atoms with E-state index in [1.54, 1.807) is 0 Å². The molecule has 0 aliphatic heterocycles. The standard InChI is InChI=1S/C39H73O8P.C2H7NO/c1-3-5-7-9-11-13-15-17-19-21-23-25-27-29-31-33-36(40)39(37(41)35-46-48(43,44)45)47-38(42)34-32-30-28-26-24-22-20-18-16-14-12-10-8-6-4-2;3-1-2-4/h17-20,37,39,41H,3-16,21-35H2,1-2H3,(H2,43,44,45);4H,1-3H2/b19-17-,20-18-;. The molecule has 308 valence electrons. The maximum atomic E-state index is 12.9. The van der Waals surface area contributed by atoms with E-state index < -0.39 is 38.4 Å². The van der Waals surface area contributed by atoms with Crippen molar-refractivity contribution in [3.63, 3.8) is 0 Å². The van der Waals surface area contributed by atoms with E-state index in [2.05, 4.69) is 42.7 Å². The molecule has 2 atom stereocenters. The highest BCUT2D eigenvalue weighted by atomic mass is 31.2. The molecular formula is C41H80NO9P. The molecule has 0 fully saturated rings. The number of esters is 1. The summed E-state index contributed by atoms with van der Waals surface area (Å²) in [6, 6.07) is 0. The monoisotopic (exact) mass is 762 g/mol. The van der Waals surface area contributed by atoms with E-state index >= 15 is 0 Å². The fourth-order valence-electron chi connectivity index (χ4n) is 5.67. The van der Waals surface area contributed by atoms with Crippen LogP contribution in [0.5, 0.6) is 0 Å². The summed E-state index contributed by atoms with van der Waals surface area (Å²) in [6.07, 6.45) is 35.8. The van der Waals surface area contributed by atoms with Gasteiger partial charge in [-0.15, -0.1) is 0 Å². The topological polar surface area (TPSA) is 177 Å². The molecule has 6 N–H and O–H groups in total. The van der Waals surface area contributed by atoms with Crippen molar-refractivity contribution in [3.8, 4) is 0 Å². The molecule has 0 aromatic heterocycles. The molecule has 0 aliphatic carbocycles. The lowest BCUT2D eigenvalue weighted by atomic mass is 10.0. The van der Waals surface area contributed by atoms with Gasteiger partial charge in [-0.25, -0.2) is 4.57 Å². The van der Waals surface area contributed by atoms with Crippen LogP contribution in [0.4, 0.5) is 0 Å². The number of allylic oxidation sites excluding steroid dienone is 4. The molecule has 0 spiro atoms. The van der Waals surface area contributed by atoms with Crippen molar-refractivity contribution in [3.05, 3.63) is 24.3 Å². The predicted octanol–water partition coefficient (Wildman–Crippen LogP) is 9.95. The molecular weight excluding hydrogens is 681 g/mol. The lowest BCUT2D eigenvalue weighted by Gasteiger charge is -2.22. The van der Waals surface area contributed by atoms with Gasteiger partial charge in [-0.1, -0.05) is 141 Å². The van der Waals surface area contributed by atoms with Gasteiger partial charge in [0.2, 0.25) is 0 Å². The number of ether oxygens (including phenoxy) is 1. The van der Waals surface area contributed by atoms with Crippen LogP contribution in [0.2, 0.25) is 0 Å². The summed E-state index contributed by atoms with van der Waals surface area (Å²) in [6.45, 7) is 4.15. The zero-order chi connectivity index (χ0) is 39.0. The number of ketones is 1. The van der Waals surface area contributed by atoms with Crippen molar-refractivity contribution in [2.24, 2.45) is 5.73 Å². The minimum absolute atomic E-state index is 0.0972. The third-order valence-corrected chi connectivity index (χ3v) is 9.28. The molecule has 0 aromatic rings. The minimum Gasteiger partial charge on any atom is -0.451 e. The molecule has 0 saturated carbocycles. The van der Waals surface area contributed by atoms with Crippen LogP contribution >= 0.6 is 7.82 Å². The van der Waals surface area contributed by atoms with Gasteiger partial charge < -0.3 is 30.5 Å². The minimum atomic E-state index is -4.84. The van der Waals surface area contributed by atoms with Crippen molar-refractivity contribution in [1.82, 2.24) is 0 Å². The van der Waals surface area contributed by atoms with Crippen LogP contribution < -0.4 is 5.73 Å². The molecule has 0 amide bonds. The first-order valence-corrected chi connectivity index (χ1v) is 22.4. The first-order valence-electron chi connectivity index (χ1n) is 20.8. The van der Waals surface area contributed by atoms with Crippen molar-refractivity contribution >= 4 is 19.6 Å². The number of hydrogen-bond acceptors (Lipinski definition) is 8. The van der Waals surface area contributed by atoms with Gasteiger partial charge in [0.25, 0.3) is 0 Å². The maximum absolute atomic E-state index is 12.9. The summed E-state index contributed by atoms with van der Waals surface area (Å²) in [4.78, 5) is 43.4. The number of nitrogens with two attached hydrogens (primary N) is 1. The van der Waals surface area contributed by atoms with Crippen LogP contribution in [-0.4, -0.2) is 63.7 Å². The third kappa shape index (κ3) is 41.4. The van der Waals surface area contributed by atoms with Crippen LogP contribution in [-0.2, 0) is 23.4 Å². The Balaban J connectivity index is 0. The molecule has 2 unspecified atom stereocenters. The molecule has 0 bridgehead atoms. The zero-order valence-corrected chi connectivity index (χ0v) is 34.1. The molecule has 0 radical (unpaired) electrons. The highest BCUT2D eigenvalue weighted by Crippen LogP contribution is 2.36. The van der Waals surface area contributed by atoms with E-state index in [-0.39, 0.29) is 19.4 Å². The molecule has 0 saturated heterocycles. The van der Waals surface area contributed by atoms with Gasteiger partial charge >= 0.3 is 13.8 Å². The second kappa shape index (κ2) is 40.8. The number of carbonyl (C=O) groups excluding carboxylic acids is 2. The fourth-order valence-corrected chi connectivity index (χ4v) is 6.02. The van der Waals surface area contributed by atoms with E-state index in [1.165, 1.54) is 77.0 Å². The van der Waals surface area contributed by atoms with E-state index in [9.17, 15) is 19.3 Å². The van der Waals surface area contributed by atoms with Gasteiger partial charge in [-0.2, -0.15) is 0 Å². The van der Waals surface area contributed by atoms with Crippen LogP contribution in [0.15, 0.2) is 24.3 Å². The summed E-state index contributed by atoms with van der Waals surface area (Å²) in [7, 11) is -4.84. The number of aliphatic hydroxyl groups excluding tert-OH is 2. The lowest BCUT2D eigenvalue weighted by molar-refractivity contribution is -0.163. The Kier molecular flexibility index (Phi) is 41.3. The number of rotatable bonds is 37. The van der Waals surface area contributed by atoms with Crippen LogP contribution in [0.3, 0.4) is 0 Å². The highest BCUT2D eigenvalue weighted by Gasteiger charge is 2.32. The van der Waals surface area contributed by atoms with Crippen molar-refractivity contribution in [2.45, 2.75) is 206 Å². The molecule has 10 nitrogen and oxygen atoms in total. The van der Waals surface area contributed by atoms with E-state index in [0.29, 0.717) is 19.4 Å². The Hall–Kier alpha value is -1.39. The van der Waals surface area contributed by atoms with Gasteiger partial charge in [-0.3, -0.25) is 14.1 Å². The van der Waals surface area contributed by atoms with E-state index in [1.807, 2.05) is 0 Å². The number of aliphatic hydroxyl groups is 2. The number of Topliss-reactive ketones (excluding diaryl/α,β-unsaturated/α-hetero) is 1. The van der Waals surface area contributed by atoms with Crippen molar-refractivity contribution in [2.75, 3.05) is 19.8 Å². The van der Waals surface area contributed by atoms with Crippen LogP contribution in [0.25, 0.3) is 0 Å². The molecule has 0 aromatic carbocycles. The number of hydrogen-bond donors (Lipinski definition) is 5. The summed E-state index contributed by atoms with van der Waals surface area (Å²) in [5, 5.41) is 18.2. The maximum Gasteiger partial charge on any atom is 0.469 e. The number of carbonyl (C=O) groups is 2. The summed E-state index contributed by atoms with van der Waals surface area (Å²) >= 11 is 0. The average Bonchev–Trinajstić information content (AvgIpc) is 3.12. The highest BCUT2D eigenvalue weighted by molar-refractivity contribution is 7.46. The predicted molar refractivity (Wildman–Crippen MR) is 214 cm³/mol. The molecule has 52 heavy (non-hydrogen) atoms. The van der Waals surface area contributed by atoms with Crippen LogP contribution in [0.1, 0.15) is 194 Å². The molecule has 11 heteroatoms. The second-order valence-corrected chi connectivity index (χ2v) is 15.2. The van der Waals surface area contributed by atoms with Crippen molar-refractivity contribution < 1.29 is 43.4 Å². The lowest BCUT2D eigenvalue weighted by Crippen LogP contribution is -2.40. The summed E-state index contributed by atoms with van der Waals surface area (Å²) < 4.78 is 20.8. The number of unbranched alkanes of at least 4 members (excludes halogenated alkanes) is 22. The van der Waals surface area contributed by atoms with Crippen LogP contribution in [0, 0.1) is 0 Å². The Labute approximate surface area is 318 Å².